The van der Waals surface area contributed by atoms with Crippen LogP contribution >= 0.6 is 0 Å². The van der Waals surface area contributed by atoms with Crippen LogP contribution in [0.25, 0.3) is 10.8 Å². The fourth-order valence-corrected chi connectivity index (χ4v) is 10.1. The van der Waals surface area contributed by atoms with Gasteiger partial charge in [0.2, 0.25) is 5.69 Å². The number of benzene rings is 7. The summed E-state index contributed by atoms with van der Waals surface area (Å²) in [5.41, 5.74) is 13.0. The van der Waals surface area contributed by atoms with E-state index in [-0.39, 0.29) is 10.8 Å². The van der Waals surface area contributed by atoms with Crippen molar-refractivity contribution in [3.8, 4) is 0 Å². The molecule has 0 unspecified atom stereocenters. The molecule has 0 aliphatic carbocycles. The zero-order chi connectivity index (χ0) is 40.2. The van der Waals surface area contributed by atoms with Crippen LogP contribution in [0, 0.1) is 5.92 Å². The van der Waals surface area contributed by atoms with Gasteiger partial charge >= 0.3 is 0 Å². The van der Waals surface area contributed by atoms with Crippen molar-refractivity contribution >= 4 is 27.9 Å². The molecule has 0 N–H and O–H groups in total. The Hall–Kier alpha value is -6.25. The summed E-state index contributed by atoms with van der Waals surface area (Å²) in [5.74, 6) is 0.576. The van der Waals surface area contributed by atoms with Gasteiger partial charge in [-0.3, -0.25) is 0 Å². The predicted molar refractivity (Wildman–Crippen MR) is 249 cm³/mol. The van der Waals surface area contributed by atoms with Gasteiger partial charge < -0.3 is 4.90 Å². The largest absolute Gasteiger partial charge is 0.344 e. The Kier molecular flexibility index (Phi) is 10.7. The third-order valence-corrected chi connectivity index (χ3v) is 12.9. The molecule has 2 heterocycles. The summed E-state index contributed by atoms with van der Waals surface area (Å²) in [5, 5.41) is 2.59. The number of fused-ring (bicyclic) bond motifs is 3. The minimum absolute atomic E-state index is 0.262. The molecule has 0 radical (unpaired) electrons. The average Bonchev–Trinajstić information content (AvgIpc) is 3.63. The Labute approximate surface area is 351 Å². The molecule has 0 spiro atoms. The summed E-state index contributed by atoms with van der Waals surface area (Å²) >= 11 is 0. The molecule has 292 valence electrons. The van der Waals surface area contributed by atoms with Gasteiger partial charge in [-0.1, -0.05) is 184 Å². The normalized spacial score (nSPS) is 16.1. The van der Waals surface area contributed by atoms with Gasteiger partial charge in [0.25, 0.3) is 0 Å². The Morgan fingerprint density at radius 3 is 1.51 bits per heavy atom. The molecule has 9 rings (SSSR count). The lowest BCUT2D eigenvalue weighted by molar-refractivity contribution is -0.401. The fraction of sp³-hybridized carbons (Fsp3) is 0.211. The van der Waals surface area contributed by atoms with Crippen LogP contribution in [0.2, 0.25) is 0 Å². The first-order chi connectivity index (χ1) is 28.9. The predicted octanol–water partition coefficient (Wildman–Crippen LogP) is 13.0. The number of allylic oxidation sites excluding steroid dienone is 4. The summed E-state index contributed by atoms with van der Waals surface area (Å²) in [4.78, 5) is 2.69. The monoisotopic (exact) mass is 767 g/mol. The second-order valence-electron chi connectivity index (χ2n) is 17.2. The van der Waals surface area contributed by atoms with E-state index in [1.807, 2.05) is 0 Å². The van der Waals surface area contributed by atoms with Crippen molar-refractivity contribution < 1.29 is 4.58 Å². The molecule has 0 saturated heterocycles. The van der Waals surface area contributed by atoms with Gasteiger partial charge in [0.05, 0.1) is 5.41 Å². The summed E-state index contributed by atoms with van der Waals surface area (Å²) in [6.45, 7) is 5.66. The van der Waals surface area contributed by atoms with Gasteiger partial charge in [-0.2, -0.15) is 4.58 Å². The summed E-state index contributed by atoms with van der Waals surface area (Å²) < 4.78 is 2.46. The van der Waals surface area contributed by atoms with E-state index in [0.29, 0.717) is 5.92 Å². The SMILES string of the molecule is CC(C)CCN1C(=CC=CC2=[N+](C)c3ccccc3C2(Cc2ccccc2)Cc2ccccc2)C(Cc2ccccc2)(Cc2ccccc2)c2cc3ccccc3cc21. The number of hydrogen-bond donors (Lipinski definition) is 0. The van der Waals surface area contributed by atoms with Crippen molar-refractivity contribution in [2.24, 2.45) is 5.92 Å². The van der Waals surface area contributed by atoms with Crippen molar-refractivity contribution in [2.75, 3.05) is 18.5 Å². The van der Waals surface area contributed by atoms with Crippen LogP contribution < -0.4 is 4.90 Å². The van der Waals surface area contributed by atoms with E-state index in [1.165, 1.54) is 66.9 Å². The third-order valence-electron chi connectivity index (χ3n) is 12.9. The van der Waals surface area contributed by atoms with E-state index in [0.717, 1.165) is 38.6 Å². The van der Waals surface area contributed by atoms with Crippen LogP contribution in [0.1, 0.15) is 53.6 Å². The Bertz CT molecular complexity index is 2550. The van der Waals surface area contributed by atoms with Crippen LogP contribution in [0.15, 0.2) is 206 Å². The molecule has 0 amide bonds. The number of para-hydroxylation sites is 1. The lowest BCUT2D eigenvalue weighted by atomic mass is 9.69. The lowest BCUT2D eigenvalue weighted by Crippen LogP contribution is -2.39. The van der Waals surface area contributed by atoms with Crippen molar-refractivity contribution in [3.05, 3.63) is 239 Å². The Morgan fingerprint density at radius 2 is 0.983 bits per heavy atom. The van der Waals surface area contributed by atoms with Gasteiger partial charge in [-0.05, 0) is 94.8 Å². The minimum atomic E-state index is -0.302. The highest BCUT2D eigenvalue weighted by molar-refractivity contribution is 6.04. The Balaban J connectivity index is 1.26. The molecule has 0 bridgehead atoms. The first-order valence-corrected chi connectivity index (χ1v) is 21.5. The third kappa shape index (κ3) is 7.49. The van der Waals surface area contributed by atoms with E-state index in [1.54, 1.807) is 0 Å². The van der Waals surface area contributed by atoms with Gasteiger partial charge in [0.15, 0.2) is 5.71 Å². The standard InChI is InChI=1S/C57H55N2/c1-43(2)35-36-59-53-38-49-30-17-16-29-48(49)37-51(53)57(41-46-25-12-6-13-26-46,42-47-27-14-7-15-28-47)55(59)34-20-33-54-56(39-44-21-8-4-9-22-44,40-45-23-10-5-11-24-45)50-31-18-19-32-52(50)58(54)3/h4-34,37-38,43H,35-36,39-42H2,1-3H3/q+1. The van der Waals surface area contributed by atoms with E-state index in [4.69, 9.17) is 0 Å². The van der Waals surface area contributed by atoms with Gasteiger partial charge in [-0.15, -0.1) is 0 Å². The quantitative estimate of drug-likeness (QED) is 0.106. The van der Waals surface area contributed by atoms with Crippen LogP contribution in [0.3, 0.4) is 0 Å². The maximum atomic E-state index is 2.69. The lowest BCUT2D eigenvalue weighted by Gasteiger charge is -2.35. The topological polar surface area (TPSA) is 6.25 Å². The maximum absolute atomic E-state index is 2.69. The Morgan fingerprint density at radius 1 is 0.525 bits per heavy atom. The van der Waals surface area contributed by atoms with Crippen molar-refractivity contribution in [2.45, 2.75) is 56.8 Å². The van der Waals surface area contributed by atoms with Crippen LogP contribution in [-0.4, -0.2) is 23.9 Å². The van der Waals surface area contributed by atoms with Crippen LogP contribution in [0.5, 0.6) is 0 Å². The van der Waals surface area contributed by atoms with Gasteiger partial charge in [0.1, 0.15) is 7.05 Å². The maximum Gasteiger partial charge on any atom is 0.209 e. The van der Waals surface area contributed by atoms with E-state index in [2.05, 4.69) is 231 Å². The second kappa shape index (κ2) is 16.5. The minimum Gasteiger partial charge on any atom is -0.344 e. The summed E-state index contributed by atoms with van der Waals surface area (Å²) in [7, 11) is 2.27. The number of hydrogen-bond acceptors (Lipinski definition) is 1. The van der Waals surface area contributed by atoms with Crippen LogP contribution in [-0.2, 0) is 36.5 Å². The smallest absolute Gasteiger partial charge is 0.209 e. The number of anilines is 1. The number of rotatable bonds is 13. The molecule has 2 aliphatic heterocycles. The molecule has 7 aromatic rings. The zero-order valence-electron chi connectivity index (χ0n) is 34.8. The molecule has 0 fully saturated rings. The molecular weight excluding hydrogens is 713 g/mol. The number of nitrogens with zero attached hydrogens (tertiary/aromatic N) is 2. The molecule has 7 aromatic carbocycles. The van der Waals surface area contributed by atoms with Crippen molar-refractivity contribution in [1.29, 1.82) is 0 Å². The fourth-order valence-electron chi connectivity index (χ4n) is 10.1. The molecule has 2 nitrogen and oxygen atoms in total. The van der Waals surface area contributed by atoms with Gasteiger partial charge in [0, 0.05) is 41.1 Å². The first-order valence-electron chi connectivity index (χ1n) is 21.5. The second-order valence-corrected chi connectivity index (χ2v) is 17.2. The highest BCUT2D eigenvalue weighted by Gasteiger charge is 2.51. The summed E-state index contributed by atoms with van der Waals surface area (Å²) in [6, 6.07) is 67.5. The highest BCUT2D eigenvalue weighted by Crippen LogP contribution is 2.53. The van der Waals surface area contributed by atoms with Gasteiger partial charge in [-0.25, -0.2) is 0 Å². The molecule has 59 heavy (non-hydrogen) atoms. The highest BCUT2D eigenvalue weighted by atomic mass is 15.2. The van der Waals surface area contributed by atoms with Crippen molar-refractivity contribution in [3.63, 3.8) is 0 Å². The van der Waals surface area contributed by atoms with Crippen molar-refractivity contribution in [1.82, 2.24) is 0 Å². The molecular formula is C57H55N2+. The first kappa shape index (κ1) is 38.3. The molecule has 2 heteroatoms. The zero-order valence-corrected chi connectivity index (χ0v) is 34.8. The summed E-state index contributed by atoms with van der Waals surface area (Å²) in [6.07, 6.45) is 12.1. The molecule has 2 aliphatic rings. The molecule has 0 saturated carbocycles. The van der Waals surface area contributed by atoms with E-state index >= 15 is 0 Å². The molecule has 0 atom stereocenters. The van der Waals surface area contributed by atoms with Crippen LogP contribution in [0.4, 0.5) is 11.4 Å². The average molecular weight is 768 g/mol. The molecule has 0 aromatic heterocycles. The van der Waals surface area contributed by atoms with E-state index in [9.17, 15) is 0 Å². The van der Waals surface area contributed by atoms with E-state index < -0.39 is 0 Å².